The number of rotatable bonds is 7. The third-order valence-corrected chi connectivity index (χ3v) is 3.76. The summed E-state index contributed by atoms with van der Waals surface area (Å²) in [5.74, 6) is 0.525. The van der Waals surface area contributed by atoms with Crippen molar-refractivity contribution < 1.29 is 9.13 Å². The Bertz CT molecular complexity index is 495. The first-order valence-corrected chi connectivity index (χ1v) is 8.35. The minimum absolute atomic E-state index is 0. The Hall–Kier alpha value is -0.930. The molecular weight excluding hydrogens is 422 g/mol. The van der Waals surface area contributed by atoms with Crippen molar-refractivity contribution in [1.29, 1.82) is 0 Å². The molecule has 0 saturated carbocycles. The lowest BCUT2D eigenvalue weighted by Gasteiger charge is -2.26. The second kappa shape index (κ2) is 12.4. The zero-order valence-corrected chi connectivity index (χ0v) is 16.6. The zero-order chi connectivity index (χ0) is 16.3. The Morgan fingerprint density at radius 3 is 2.71 bits per heavy atom. The van der Waals surface area contributed by atoms with Gasteiger partial charge in [0.2, 0.25) is 0 Å². The fourth-order valence-electron chi connectivity index (χ4n) is 2.47. The van der Waals surface area contributed by atoms with E-state index in [0.717, 1.165) is 58.3 Å². The Labute approximate surface area is 161 Å². The Morgan fingerprint density at radius 2 is 2.00 bits per heavy atom. The number of hydrogen-bond donors (Lipinski definition) is 2. The smallest absolute Gasteiger partial charge is 0.191 e. The first kappa shape index (κ1) is 21.1. The summed E-state index contributed by atoms with van der Waals surface area (Å²) in [6.45, 7) is 8.75. The second-order valence-corrected chi connectivity index (χ2v) is 5.52. The van der Waals surface area contributed by atoms with Gasteiger partial charge in [-0.25, -0.2) is 9.38 Å². The van der Waals surface area contributed by atoms with Crippen LogP contribution < -0.4 is 10.6 Å². The fourth-order valence-corrected chi connectivity index (χ4v) is 2.47. The molecule has 24 heavy (non-hydrogen) atoms. The van der Waals surface area contributed by atoms with Crippen LogP contribution in [0.15, 0.2) is 29.3 Å². The predicted molar refractivity (Wildman–Crippen MR) is 107 cm³/mol. The lowest BCUT2D eigenvalue weighted by Crippen LogP contribution is -2.40. The van der Waals surface area contributed by atoms with Gasteiger partial charge in [-0.05, 0) is 26.0 Å². The highest BCUT2D eigenvalue weighted by Crippen LogP contribution is 2.07. The molecule has 2 rings (SSSR count). The summed E-state index contributed by atoms with van der Waals surface area (Å²) in [6, 6.07) is 6.75. The average molecular weight is 450 g/mol. The number of nitrogens with one attached hydrogen (secondary N) is 2. The van der Waals surface area contributed by atoms with E-state index in [1.165, 1.54) is 6.07 Å². The van der Waals surface area contributed by atoms with E-state index < -0.39 is 0 Å². The van der Waals surface area contributed by atoms with Gasteiger partial charge >= 0.3 is 0 Å². The van der Waals surface area contributed by atoms with Crippen LogP contribution >= 0.6 is 24.0 Å². The molecule has 1 aliphatic heterocycles. The van der Waals surface area contributed by atoms with E-state index >= 15 is 0 Å². The van der Waals surface area contributed by atoms with Crippen LogP contribution in [-0.2, 0) is 11.3 Å². The molecule has 1 heterocycles. The molecule has 7 heteroatoms. The fraction of sp³-hybridized carbons (Fsp3) is 0.588. The number of benzene rings is 1. The summed E-state index contributed by atoms with van der Waals surface area (Å²) >= 11 is 0. The van der Waals surface area contributed by atoms with E-state index in [0.29, 0.717) is 12.1 Å². The van der Waals surface area contributed by atoms with Crippen molar-refractivity contribution in [3.63, 3.8) is 0 Å². The van der Waals surface area contributed by atoms with Gasteiger partial charge in [0.15, 0.2) is 5.96 Å². The van der Waals surface area contributed by atoms with Gasteiger partial charge in [-0.15, -0.1) is 24.0 Å². The van der Waals surface area contributed by atoms with Crippen LogP contribution in [0, 0.1) is 5.82 Å². The maximum Gasteiger partial charge on any atom is 0.191 e. The number of nitrogens with zero attached hydrogens (tertiary/aromatic N) is 2. The summed E-state index contributed by atoms with van der Waals surface area (Å²) in [5, 5.41) is 6.50. The molecule has 0 aliphatic carbocycles. The van der Waals surface area contributed by atoms with Gasteiger partial charge in [-0.2, -0.15) is 0 Å². The molecule has 0 aromatic heterocycles. The average Bonchev–Trinajstić information content (AvgIpc) is 2.58. The first-order chi connectivity index (χ1) is 11.3. The lowest BCUT2D eigenvalue weighted by molar-refractivity contribution is 0.0376. The van der Waals surface area contributed by atoms with E-state index in [1.54, 1.807) is 12.1 Å². The lowest BCUT2D eigenvalue weighted by atomic mass is 10.2. The highest BCUT2D eigenvalue weighted by molar-refractivity contribution is 14.0. The quantitative estimate of drug-likeness (QED) is 0.290. The Balaban J connectivity index is 0.00000288. The molecule has 2 N–H and O–H groups in total. The van der Waals surface area contributed by atoms with E-state index in [-0.39, 0.29) is 29.8 Å². The third kappa shape index (κ3) is 7.76. The van der Waals surface area contributed by atoms with E-state index in [4.69, 9.17) is 4.74 Å². The molecule has 0 spiro atoms. The Morgan fingerprint density at radius 1 is 1.25 bits per heavy atom. The van der Waals surface area contributed by atoms with E-state index in [9.17, 15) is 4.39 Å². The standard InChI is InChI=1S/C17H27FN4O.HI/c1-2-19-17(21-14-15-6-3-4-7-16(15)18)20-8-5-9-22-10-12-23-13-11-22;/h3-4,6-7H,2,5,8-14H2,1H3,(H2,19,20,21);1H. The monoisotopic (exact) mass is 450 g/mol. The van der Waals surface area contributed by atoms with Crippen LogP contribution in [0.2, 0.25) is 0 Å². The van der Waals surface area contributed by atoms with Crippen molar-refractivity contribution in [3.05, 3.63) is 35.6 Å². The maximum atomic E-state index is 13.6. The molecule has 136 valence electrons. The molecule has 0 atom stereocenters. The molecule has 1 saturated heterocycles. The normalized spacial score (nSPS) is 15.7. The number of morpholine rings is 1. The number of aliphatic imine (C=N–C) groups is 1. The summed E-state index contributed by atoms with van der Waals surface area (Å²) in [4.78, 5) is 6.86. The largest absolute Gasteiger partial charge is 0.379 e. The van der Waals surface area contributed by atoms with Crippen molar-refractivity contribution in [1.82, 2.24) is 15.5 Å². The van der Waals surface area contributed by atoms with Crippen molar-refractivity contribution >= 4 is 29.9 Å². The third-order valence-electron chi connectivity index (χ3n) is 3.76. The maximum absolute atomic E-state index is 13.6. The number of ether oxygens (including phenoxy) is 1. The van der Waals surface area contributed by atoms with Crippen LogP contribution in [0.5, 0.6) is 0 Å². The molecule has 1 aromatic carbocycles. The molecule has 0 bridgehead atoms. The number of guanidine groups is 1. The summed E-state index contributed by atoms with van der Waals surface area (Å²) in [5.41, 5.74) is 0.609. The van der Waals surface area contributed by atoms with Crippen molar-refractivity contribution in [2.45, 2.75) is 19.9 Å². The highest BCUT2D eigenvalue weighted by Gasteiger charge is 2.09. The SMILES string of the molecule is CCNC(=NCc1ccccc1F)NCCCN1CCOCC1.I. The molecular formula is C17H28FIN4O. The summed E-state index contributed by atoms with van der Waals surface area (Å²) in [7, 11) is 0. The summed E-state index contributed by atoms with van der Waals surface area (Å²) in [6.07, 6.45) is 1.05. The van der Waals surface area contributed by atoms with Gasteiger partial charge in [0.1, 0.15) is 5.82 Å². The van der Waals surface area contributed by atoms with E-state index in [2.05, 4.69) is 20.5 Å². The minimum Gasteiger partial charge on any atom is -0.379 e. The van der Waals surface area contributed by atoms with Gasteiger partial charge < -0.3 is 15.4 Å². The Kier molecular flexibility index (Phi) is 10.9. The molecule has 0 amide bonds. The molecule has 1 fully saturated rings. The molecule has 1 aromatic rings. The molecule has 5 nitrogen and oxygen atoms in total. The van der Waals surface area contributed by atoms with Gasteiger partial charge in [-0.3, -0.25) is 4.90 Å². The number of halogens is 2. The molecule has 1 aliphatic rings. The van der Waals surface area contributed by atoms with Gasteiger partial charge in [-0.1, -0.05) is 18.2 Å². The minimum atomic E-state index is -0.209. The van der Waals surface area contributed by atoms with Gasteiger partial charge in [0.25, 0.3) is 0 Å². The van der Waals surface area contributed by atoms with Gasteiger partial charge in [0.05, 0.1) is 19.8 Å². The van der Waals surface area contributed by atoms with Crippen LogP contribution in [-0.4, -0.2) is 56.8 Å². The topological polar surface area (TPSA) is 48.9 Å². The van der Waals surface area contributed by atoms with Crippen LogP contribution in [0.3, 0.4) is 0 Å². The van der Waals surface area contributed by atoms with Crippen LogP contribution in [0.4, 0.5) is 4.39 Å². The number of hydrogen-bond acceptors (Lipinski definition) is 3. The summed E-state index contributed by atoms with van der Waals surface area (Å²) < 4.78 is 19.0. The molecule has 0 unspecified atom stereocenters. The first-order valence-electron chi connectivity index (χ1n) is 8.35. The van der Waals surface area contributed by atoms with Crippen molar-refractivity contribution in [3.8, 4) is 0 Å². The van der Waals surface area contributed by atoms with Crippen LogP contribution in [0.1, 0.15) is 18.9 Å². The molecule has 0 radical (unpaired) electrons. The van der Waals surface area contributed by atoms with Crippen molar-refractivity contribution in [2.75, 3.05) is 45.9 Å². The second-order valence-electron chi connectivity index (χ2n) is 5.52. The van der Waals surface area contributed by atoms with Crippen molar-refractivity contribution in [2.24, 2.45) is 4.99 Å². The van der Waals surface area contributed by atoms with Crippen LogP contribution in [0.25, 0.3) is 0 Å². The van der Waals surface area contributed by atoms with Gasteiger partial charge in [0, 0.05) is 31.7 Å². The van der Waals surface area contributed by atoms with E-state index in [1.807, 2.05) is 13.0 Å². The predicted octanol–water partition coefficient (Wildman–Crippen LogP) is 2.22. The zero-order valence-electron chi connectivity index (χ0n) is 14.3. The highest BCUT2D eigenvalue weighted by atomic mass is 127.